The van der Waals surface area contributed by atoms with Gasteiger partial charge < -0.3 is 0 Å². The van der Waals surface area contributed by atoms with Crippen LogP contribution in [0.15, 0.2) is 18.2 Å². The van der Waals surface area contributed by atoms with E-state index in [1.165, 1.54) is 0 Å². The number of rotatable bonds is 2. The molecular formula is C8H6BrF3. The van der Waals surface area contributed by atoms with E-state index in [0.29, 0.717) is 0 Å². The van der Waals surface area contributed by atoms with E-state index in [0.717, 1.165) is 18.2 Å². The molecule has 0 saturated heterocycles. The summed E-state index contributed by atoms with van der Waals surface area (Å²) in [7, 11) is 0. The topological polar surface area (TPSA) is 0 Å². The summed E-state index contributed by atoms with van der Waals surface area (Å²) >= 11 is 3.01. The van der Waals surface area contributed by atoms with Crippen LogP contribution in [-0.2, 0) is 5.33 Å². The van der Waals surface area contributed by atoms with E-state index in [9.17, 15) is 13.2 Å². The highest BCUT2D eigenvalue weighted by Gasteiger charge is 2.09. The SMILES string of the molecule is Fc1ccc(C(F)F)cc1CBr. The molecule has 0 amide bonds. The van der Waals surface area contributed by atoms with Crippen molar-refractivity contribution in [1.29, 1.82) is 0 Å². The summed E-state index contributed by atoms with van der Waals surface area (Å²) in [5, 5.41) is 0.249. The van der Waals surface area contributed by atoms with Gasteiger partial charge in [0.1, 0.15) is 5.82 Å². The second-order valence-corrected chi connectivity index (χ2v) is 2.85. The molecule has 0 radical (unpaired) electrons. The summed E-state index contributed by atoms with van der Waals surface area (Å²) in [5.74, 6) is -0.462. The first-order valence-electron chi connectivity index (χ1n) is 3.27. The van der Waals surface area contributed by atoms with Gasteiger partial charge in [-0.05, 0) is 17.7 Å². The Hall–Kier alpha value is -0.510. The van der Waals surface area contributed by atoms with Crippen molar-refractivity contribution in [3.05, 3.63) is 35.1 Å². The largest absolute Gasteiger partial charge is 0.263 e. The fourth-order valence-corrected chi connectivity index (χ4v) is 1.26. The molecule has 1 aromatic rings. The zero-order chi connectivity index (χ0) is 9.14. The highest BCUT2D eigenvalue weighted by Crippen LogP contribution is 2.22. The maximum Gasteiger partial charge on any atom is 0.263 e. The molecule has 0 aromatic heterocycles. The molecular weight excluding hydrogens is 233 g/mol. The molecule has 0 N–H and O–H groups in total. The molecule has 0 fully saturated rings. The van der Waals surface area contributed by atoms with Crippen LogP contribution in [0.1, 0.15) is 17.6 Å². The minimum absolute atomic E-state index is 0.147. The van der Waals surface area contributed by atoms with Gasteiger partial charge in [0.15, 0.2) is 0 Å². The zero-order valence-electron chi connectivity index (χ0n) is 6.03. The van der Waals surface area contributed by atoms with Crippen molar-refractivity contribution in [2.75, 3.05) is 0 Å². The lowest BCUT2D eigenvalue weighted by molar-refractivity contribution is 0.151. The van der Waals surface area contributed by atoms with Crippen LogP contribution in [0.4, 0.5) is 13.2 Å². The molecule has 0 heterocycles. The molecule has 0 aliphatic heterocycles. The molecule has 0 atom stereocenters. The molecule has 12 heavy (non-hydrogen) atoms. The van der Waals surface area contributed by atoms with Crippen molar-refractivity contribution in [3.63, 3.8) is 0 Å². The molecule has 0 aliphatic carbocycles. The van der Waals surface area contributed by atoms with Crippen molar-refractivity contribution in [2.24, 2.45) is 0 Å². The van der Waals surface area contributed by atoms with Crippen molar-refractivity contribution < 1.29 is 13.2 Å². The third kappa shape index (κ3) is 2.00. The molecule has 0 bridgehead atoms. The number of benzene rings is 1. The third-order valence-corrected chi connectivity index (χ3v) is 2.07. The van der Waals surface area contributed by atoms with E-state index in [2.05, 4.69) is 15.9 Å². The molecule has 0 unspecified atom stereocenters. The predicted octanol–water partition coefficient (Wildman–Crippen LogP) is 3.66. The van der Waals surface area contributed by atoms with Crippen LogP contribution in [0.2, 0.25) is 0 Å². The third-order valence-electron chi connectivity index (χ3n) is 1.47. The van der Waals surface area contributed by atoms with Gasteiger partial charge in [-0.3, -0.25) is 0 Å². The average Bonchev–Trinajstić information content (AvgIpc) is 2.05. The minimum atomic E-state index is -2.54. The van der Waals surface area contributed by atoms with E-state index in [4.69, 9.17) is 0 Å². The van der Waals surface area contributed by atoms with E-state index < -0.39 is 12.2 Å². The van der Waals surface area contributed by atoms with E-state index in [-0.39, 0.29) is 16.5 Å². The van der Waals surface area contributed by atoms with Crippen molar-refractivity contribution in [1.82, 2.24) is 0 Å². The Morgan fingerprint density at radius 3 is 2.50 bits per heavy atom. The van der Waals surface area contributed by atoms with Gasteiger partial charge in [-0.15, -0.1) is 0 Å². The lowest BCUT2D eigenvalue weighted by Gasteiger charge is -2.02. The maximum atomic E-state index is 12.8. The van der Waals surface area contributed by atoms with Gasteiger partial charge in [0, 0.05) is 10.9 Å². The number of alkyl halides is 3. The molecule has 0 nitrogen and oxygen atoms in total. The Bertz CT molecular complexity index is 273. The van der Waals surface area contributed by atoms with Crippen LogP contribution in [0.5, 0.6) is 0 Å². The lowest BCUT2D eigenvalue weighted by Crippen LogP contribution is -1.90. The predicted molar refractivity (Wildman–Crippen MR) is 44.0 cm³/mol. The van der Waals surface area contributed by atoms with Gasteiger partial charge >= 0.3 is 0 Å². The average molecular weight is 239 g/mol. The number of hydrogen-bond acceptors (Lipinski definition) is 0. The monoisotopic (exact) mass is 238 g/mol. The van der Waals surface area contributed by atoms with Gasteiger partial charge in [-0.1, -0.05) is 22.0 Å². The first-order chi connectivity index (χ1) is 5.65. The Labute approximate surface area is 76.5 Å². The smallest absolute Gasteiger partial charge is 0.207 e. The molecule has 0 spiro atoms. The molecule has 0 saturated carbocycles. The standard InChI is InChI=1S/C8H6BrF3/c9-4-6-3-5(8(11)12)1-2-7(6)10/h1-3,8H,4H2. The fraction of sp³-hybridized carbons (Fsp3) is 0.250. The summed E-state index contributed by atoms with van der Waals surface area (Å²) in [6, 6.07) is 3.30. The lowest BCUT2D eigenvalue weighted by atomic mass is 10.1. The Morgan fingerprint density at radius 2 is 2.00 bits per heavy atom. The van der Waals surface area contributed by atoms with Crippen LogP contribution in [0, 0.1) is 5.82 Å². The van der Waals surface area contributed by atoms with Crippen LogP contribution in [0.25, 0.3) is 0 Å². The molecule has 66 valence electrons. The van der Waals surface area contributed by atoms with Gasteiger partial charge in [0.2, 0.25) is 0 Å². The normalized spacial score (nSPS) is 10.8. The Morgan fingerprint density at radius 1 is 1.33 bits per heavy atom. The first kappa shape index (κ1) is 9.58. The molecule has 0 aliphatic rings. The number of hydrogen-bond donors (Lipinski definition) is 0. The summed E-state index contributed by atoms with van der Waals surface area (Å²) in [6.45, 7) is 0. The minimum Gasteiger partial charge on any atom is -0.207 e. The summed E-state index contributed by atoms with van der Waals surface area (Å²) < 4.78 is 36.9. The summed E-state index contributed by atoms with van der Waals surface area (Å²) in [4.78, 5) is 0. The Kier molecular flexibility index (Phi) is 3.14. The van der Waals surface area contributed by atoms with E-state index in [1.807, 2.05) is 0 Å². The maximum absolute atomic E-state index is 12.8. The molecule has 1 rings (SSSR count). The summed E-state index contributed by atoms with van der Waals surface area (Å²) in [6.07, 6.45) is -2.54. The molecule has 4 heteroatoms. The molecule has 1 aromatic carbocycles. The first-order valence-corrected chi connectivity index (χ1v) is 4.39. The Balaban J connectivity index is 3.05. The van der Waals surface area contributed by atoms with Crippen molar-refractivity contribution in [3.8, 4) is 0 Å². The van der Waals surface area contributed by atoms with Gasteiger partial charge in [0.25, 0.3) is 6.43 Å². The van der Waals surface area contributed by atoms with Crippen molar-refractivity contribution in [2.45, 2.75) is 11.8 Å². The zero-order valence-corrected chi connectivity index (χ0v) is 7.61. The van der Waals surface area contributed by atoms with Crippen LogP contribution in [0.3, 0.4) is 0 Å². The van der Waals surface area contributed by atoms with Gasteiger partial charge in [-0.25, -0.2) is 13.2 Å². The number of halogens is 4. The van der Waals surface area contributed by atoms with Crippen LogP contribution in [-0.4, -0.2) is 0 Å². The summed E-state index contributed by atoms with van der Waals surface area (Å²) in [5.41, 5.74) is 0.110. The van der Waals surface area contributed by atoms with E-state index >= 15 is 0 Å². The van der Waals surface area contributed by atoms with E-state index in [1.54, 1.807) is 0 Å². The van der Waals surface area contributed by atoms with Gasteiger partial charge in [-0.2, -0.15) is 0 Å². The van der Waals surface area contributed by atoms with Crippen LogP contribution >= 0.6 is 15.9 Å². The van der Waals surface area contributed by atoms with Crippen LogP contribution < -0.4 is 0 Å². The highest BCUT2D eigenvalue weighted by atomic mass is 79.9. The highest BCUT2D eigenvalue weighted by molar-refractivity contribution is 9.08. The van der Waals surface area contributed by atoms with Gasteiger partial charge in [0.05, 0.1) is 0 Å². The fourth-order valence-electron chi connectivity index (χ4n) is 0.833. The second-order valence-electron chi connectivity index (χ2n) is 2.29. The second kappa shape index (κ2) is 3.94. The quantitative estimate of drug-likeness (QED) is 0.691. The van der Waals surface area contributed by atoms with Crippen molar-refractivity contribution >= 4 is 15.9 Å².